The molecular weight excluding hydrogens is 1050 g/mol. The number of nitrogens with one attached hydrogen (secondary N) is 1. The standard InChI is InChI=1S/C61H102FN3O16/c1-17-45-59(13,74)49(69)37(7)65(15)31-32(2)28-57(11,73)51(35(5)48(36(6)52(71)79-45)80-46-30-58(12,76-16)50(70)38(8)78-46)81-53-47(68)43(26-34(4)77-53)64(14)24-18-23-63-54(72)61(75)33(3)25-42-41-20-19-39-27-40(66)21-22-55(39,9)60(41,62)44(67)29-56(42,61)10/h21-22,27,32-38,41-51,53,67-70,73-75H,17-20,23-26,28-31H2,1-16H3,(H,63,72)/t32-,33+,34+,35-,36+,37+,38-,41?,42?,43-,44-,45+,46?,47+,48?,49+,50-,51+,53-,55-,56-,57+,58+,59+,60-,61+/m0/s1. The number of fused-ring (bicyclic) bond motifs is 5. The highest BCUT2D eigenvalue weighted by atomic mass is 19.1. The van der Waals surface area contributed by atoms with Crippen molar-refractivity contribution in [3.8, 4) is 0 Å². The molecule has 81 heavy (non-hydrogen) atoms. The van der Waals surface area contributed by atoms with E-state index < -0.39 is 160 Å². The summed E-state index contributed by atoms with van der Waals surface area (Å²) in [6.07, 6.45) is -5.39. The van der Waals surface area contributed by atoms with Crippen LogP contribution in [0.4, 0.5) is 4.39 Å². The topological polar surface area (TPSA) is 267 Å². The van der Waals surface area contributed by atoms with E-state index in [-0.39, 0.29) is 43.9 Å². The monoisotopic (exact) mass is 1150 g/mol. The second-order valence-corrected chi connectivity index (χ2v) is 27.5. The van der Waals surface area contributed by atoms with Crippen LogP contribution in [-0.2, 0) is 42.8 Å². The number of ether oxygens (including phenoxy) is 6. The van der Waals surface area contributed by atoms with E-state index in [1.807, 2.05) is 44.7 Å². The molecule has 0 radical (unpaired) electrons. The lowest BCUT2D eigenvalue weighted by atomic mass is 9.44. The predicted octanol–water partition coefficient (Wildman–Crippen LogP) is 4.13. The molecule has 464 valence electrons. The van der Waals surface area contributed by atoms with Crippen LogP contribution in [0.2, 0.25) is 0 Å². The Morgan fingerprint density at radius 1 is 0.914 bits per heavy atom. The molecule has 3 aliphatic heterocycles. The van der Waals surface area contributed by atoms with Crippen molar-refractivity contribution < 1.29 is 82.9 Å². The van der Waals surface area contributed by atoms with Gasteiger partial charge in [-0.3, -0.25) is 14.4 Å². The summed E-state index contributed by atoms with van der Waals surface area (Å²) in [7, 11) is 5.15. The third kappa shape index (κ3) is 11.8. The van der Waals surface area contributed by atoms with E-state index >= 15 is 4.39 Å². The van der Waals surface area contributed by atoms with Gasteiger partial charge in [-0.05, 0) is 157 Å². The summed E-state index contributed by atoms with van der Waals surface area (Å²) in [5.74, 6) is -5.38. The van der Waals surface area contributed by atoms with Crippen molar-refractivity contribution in [1.29, 1.82) is 0 Å². The molecule has 1 amide bonds. The maximum absolute atomic E-state index is 17.8. The van der Waals surface area contributed by atoms with Gasteiger partial charge < -0.3 is 79.3 Å². The number of rotatable bonds is 12. The highest BCUT2D eigenvalue weighted by Crippen LogP contribution is 2.70. The molecule has 3 saturated heterocycles. The van der Waals surface area contributed by atoms with Gasteiger partial charge in [0.2, 0.25) is 0 Å². The summed E-state index contributed by atoms with van der Waals surface area (Å²) >= 11 is 0. The molecule has 4 unspecified atom stereocenters. The molecule has 20 heteroatoms. The number of likely N-dealkylation sites (N-methyl/N-ethyl adjacent to an activating group) is 2. The van der Waals surface area contributed by atoms with E-state index in [4.69, 9.17) is 28.4 Å². The molecule has 3 heterocycles. The van der Waals surface area contributed by atoms with Crippen molar-refractivity contribution in [3.63, 3.8) is 0 Å². The van der Waals surface area contributed by atoms with Gasteiger partial charge >= 0.3 is 5.97 Å². The van der Waals surface area contributed by atoms with Crippen molar-refractivity contribution in [2.24, 2.45) is 46.3 Å². The van der Waals surface area contributed by atoms with Crippen LogP contribution in [0.25, 0.3) is 0 Å². The Morgan fingerprint density at radius 3 is 2.22 bits per heavy atom. The van der Waals surface area contributed by atoms with Crippen molar-refractivity contribution in [1.82, 2.24) is 15.1 Å². The number of methoxy groups -OCH3 is 1. The molecule has 4 aliphatic carbocycles. The largest absolute Gasteiger partial charge is 0.459 e. The smallest absolute Gasteiger partial charge is 0.311 e. The van der Waals surface area contributed by atoms with Crippen LogP contribution >= 0.6 is 0 Å². The minimum absolute atomic E-state index is 0.0643. The number of ketones is 1. The van der Waals surface area contributed by atoms with E-state index in [1.165, 1.54) is 26.2 Å². The fourth-order valence-electron chi connectivity index (χ4n) is 16.5. The second-order valence-electron chi connectivity index (χ2n) is 27.5. The zero-order valence-corrected chi connectivity index (χ0v) is 51.3. The summed E-state index contributed by atoms with van der Waals surface area (Å²) in [6, 6.07) is -1.15. The molecule has 7 rings (SSSR count). The van der Waals surface area contributed by atoms with Crippen molar-refractivity contribution in [2.75, 3.05) is 40.8 Å². The van der Waals surface area contributed by atoms with Crippen molar-refractivity contribution >= 4 is 17.7 Å². The average molecular weight is 1150 g/mol. The maximum Gasteiger partial charge on any atom is 0.311 e. The van der Waals surface area contributed by atoms with Gasteiger partial charge in [0, 0.05) is 61.4 Å². The second kappa shape index (κ2) is 24.3. The number of carbonyl (C=O) groups is 3. The first-order valence-electron chi connectivity index (χ1n) is 30.1. The Kier molecular flexibility index (Phi) is 19.8. The van der Waals surface area contributed by atoms with Gasteiger partial charge in [0.15, 0.2) is 29.6 Å². The summed E-state index contributed by atoms with van der Waals surface area (Å²) in [6.45, 7) is 23.6. The Labute approximate surface area is 480 Å². The van der Waals surface area contributed by atoms with Crippen LogP contribution in [0.5, 0.6) is 0 Å². The molecule has 0 aromatic carbocycles. The summed E-state index contributed by atoms with van der Waals surface area (Å²) in [4.78, 5) is 45.2. The Hall–Kier alpha value is -2.54. The fourth-order valence-corrected chi connectivity index (χ4v) is 16.5. The van der Waals surface area contributed by atoms with Crippen LogP contribution < -0.4 is 5.32 Å². The van der Waals surface area contributed by atoms with E-state index in [0.29, 0.717) is 50.8 Å². The first-order chi connectivity index (χ1) is 37.5. The Balaban J connectivity index is 1.09. The van der Waals surface area contributed by atoms with Gasteiger partial charge in [0.05, 0.1) is 47.6 Å². The van der Waals surface area contributed by atoms with Crippen LogP contribution in [0.15, 0.2) is 23.8 Å². The number of halogens is 1. The number of aliphatic hydroxyl groups is 7. The normalized spacial score (nSPS) is 50.3. The lowest BCUT2D eigenvalue weighted by Gasteiger charge is -2.62. The molecule has 6 fully saturated rings. The van der Waals surface area contributed by atoms with E-state index in [1.54, 1.807) is 68.4 Å². The molecular formula is C61H102FN3O16. The summed E-state index contributed by atoms with van der Waals surface area (Å²) < 4.78 is 56.2. The minimum atomic E-state index is -2.10. The fraction of sp³-hybridized carbons (Fsp3) is 0.885. The molecule has 7 aliphatic rings. The number of alkyl halides is 1. The lowest BCUT2D eigenvalue weighted by Crippen LogP contribution is -2.70. The molecule has 26 atom stereocenters. The number of hydrogen-bond donors (Lipinski definition) is 8. The number of allylic oxidation sites excluding steroid dienone is 4. The van der Waals surface area contributed by atoms with Crippen molar-refractivity contribution in [3.05, 3.63) is 23.8 Å². The van der Waals surface area contributed by atoms with Crippen LogP contribution in [0.1, 0.15) is 148 Å². The van der Waals surface area contributed by atoms with Gasteiger partial charge in [-0.25, -0.2) is 4.39 Å². The quantitative estimate of drug-likeness (QED) is 0.101. The number of aliphatic hydroxyl groups excluding tert-OH is 4. The van der Waals surface area contributed by atoms with Gasteiger partial charge in [-0.15, -0.1) is 0 Å². The van der Waals surface area contributed by atoms with Gasteiger partial charge in [0.1, 0.15) is 30.0 Å². The number of nitrogens with zero attached hydrogens (tertiary/aromatic N) is 2. The maximum atomic E-state index is 17.8. The molecule has 19 nitrogen and oxygen atoms in total. The lowest BCUT2D eigenvalue weighted by molar-refractivity contribution is -0.318. The van der Waals surface area contributed by atoms with E-state index in [9.17, 15) is 50.1 Å². The van der Waals surface area contributed by atoms with E-state index in [0.717, 1.165) is 0 Å². The Morgan fingerprint density at radius 2 is 1.58 bits per heavy atom. The molecule has 0 aromatic heterocycles. The third-order valence-corrected chi connectivity index (χ3v) is 21.7. The van der Waals surface area contributed by atoms with Crippen LogP contribution in [-0.4, -0.2) is 212 Å². The van der Waals surface area contributed by atoms with Gasteiger partial charge in [-0.2, -0.15) is 0 Å². The number of amides is 1. The Bertz CT molecular complexity index is 2310. The zero-order valence-electron chi connectivity index (χ0n) is 51.3. The minimum Gasteiger partial charge on any atom is -0.459 e. The highest BCUT2D eigenvalue weighted by Gasteiger charge is 2.76. The number of carbonyl (C=O) groups excluding carboxylic acids is 3. The van der Waals surface area contributed by atoms with Crippen LogP contribution in [0, 0.1) is 46.3 Å². The number of hydrogen-bond acceptors (Lipinski definition) is 18. The third-order valence-electron chi connectivity index (χ3n) is 21.7. The molecule has 0 aromatic rings. The number of esters is 1. The molecule has 0 bridgehead atoms. The zero-order chi connectivity index (χ0) is 60.5. The van der Waals surface area contributed by atoms with E-state index in [2.05, 4.69) is 5.32 Å². The van der Waals surface area contributed by atoms with Crippen LogP contribution in [0.3, 0.4) is 0 Å². The number of cyclic esters (lactones) is 1. The first kappa shape index (κ1) is 66.0. The van der Waals surface area contributed by atoms with Gasteiger partial charge in [0.25, 0.3) is 5.91 Å². The summed E-state index contributed by atoms with van der Waals surface area (Å²) in [5, 5.41) is 87.5. The van der Waals surface area contributed by atoms with Crippen molar-refractivity contribution in [2.45, 2.75) is 255 Å². The average Bonchev–Trinajstić information content (AvgIpc) is 3.93. The first-order valence-corrected chi connectivity index (χ1v) is 30.1. The predicted molar refractivity (Wildman–Crippen MR) is 299 cm³/mol. The molecule has 8 N–H and O–H groups in total. The molecule has 3 saturated carbocycles. The summed E-state index contributed by atoms with van der Waals surface area (Å²) in [5.41, 5.74) is -10.4. The molecule has 0 spiro atoms. The highest BCUT2D eigenvalue weighted by molar-refractivity contribution is 6.01. The van der Waals surface area contributed by atoms with Gasteiger partial charge in [-0.1, -0.05) is 46.3 Å². The SMILES string of the molecule is CC[C@H]1OC(=O)[C@H](C)C(OC2C[C@@](C)(OC)[C@@H](O)[C@H](C)O2)[C@H](C)[C@@H](O[C@@H]2O[C@H](C)C[C@H](N(C)CCCNC(=O)[C@]3(O)[C@H](C)CC4C5CCC6=CC(=O)C=C[C@]6(C)[C@@]5(F)[C@@H](O)C[C@@]43C)[C@H]2O)[C@](C)(O)C[C@H](C)CN(C)[C@H](C)[C@@H](O)[C@]1(C)O.